The third kappa shape index (κ3) is 2.83. The molecule has 1 atom stereocenters. The van der Waals surface area contributed by atoms with Gasteiger partial charge in [-0.3, -0.25) is 4.90 Å². The molecule has 0 aliphatic carbocycles. The van der Waals surface area contributed by atoms with Crippen LogP contribution in [0.4, 0.5) is 5.69 Å². The summed E-state index contributed by atoms with van der Waals surface area (Å²) in [5, 5.41) is 12.6. The molecule has 96 valence electrons. The molecular formula is C15H21N3. The third-order valence-electron chi connectivity index (χ3n) is 3.73. The van der Waals surface area contributed by atoms with E-state index in [2.05, 4.69) is 29.3 Å². The minimum atomic E-state index is 0.614. The maximum atomic E-state index is 9.13. The monoisotopic (exact) mass is 243 g/mol. The summed E-state index contributed by atoms with van der Waals surface area (Å²) in [5.41, 5.74) is 2.84. The fourth-order valence-corrected chi connectivity index (χ4v) is 2.68. The Morgan fingerprint density at radius 2 is 2.33 bits per heavy atom. The summed E-state index contributed by atoms with van der Waals surface area (Å²) in [4.78, 5) is 2.51. The van der Waals surface area contributed by atoms with Crippen molar-refractivity contribution in [2.24, 2.45) is 0 Å². The molecule has 1 aromatic rings. The normalized spacial score (nSPS) is 19.7. The molecule has 0 aromatic heterocycles. The minimum Gasteiger partial charge on any atom is -0.382 e. The van der Waals surface area contributed by atoms with Gasteiger partial charge in [0.15, 0.2) is 0 Å². The van der Waals surface area contributed by atoms with Crippen molar-refractivity contribution in [3.63, 3.8) is 0 Å². The van der Waals surface area contributed by atoms with E-state index < -0.39 is 0 Å². The number of anilines is 1. The molecule has 1 aliphatic heterocycles. The van der Waals surface area contributed by atoms with Gasteiger partial charge < -0.3 is 5.32 Å². The molecular weight excluding hydrogens is 222 g/mol. The molecule has 1 unspecified atom stereocenters. The Bertz CT molecular complexity index is 448. The largest absolute Gasteiger partial charge is 0.382 e. The standard InChI is InChI=1S/C15H21N3/c1-3-18-8-4-5-14(18)11-17-15-7-6-12(2)9-13(15)10-16/h6-7,9,14,17H,3-5,8,11H2,1-2H3. The van der Waals surface area contributed by atoms with Crippen molar-refractivity contribution >= 4 is 5.69 Å². The van der Waals surface area contributed by atoms with Crippen LogP contribution in [0.2, 0.25) is 0 Å². The molecule has 0 amide bonds. The van der Waals surface area contributed by atoms with Crippen LogP contribution in [0, 0.1) is 18.3 Å². The summed E-state index contributed by atoms with van der Waals surface area (Å²) in [6, 6.07) is 8.88. The molecule has 1 N–H and O–H groups in total. The molecule has 0 spiro atoms. The molecule has 0 bridgehead atoms. The summed E-state index contributed by atoms with van der Waals surface area (Å²) in [5.74, 6) is 0. The number of likely N-dealkylation sites (N-methyl/N-ethyl adjacent to an activating group) is 1. The van der Waals surface area contributed by atoms with Crippen molar-refractivity contribution in [2.45, 2.75) is 32.7 Å². The summed E-state index contributed by atoms with van der Waals surface area (Å²) in [6.45, 7) is 7.49. The Hall–Kier alpha value is -1.53. The molecule has 2 rings (SSSR count). The van der Waals surface area contributed by atoms with Crippen LogP contribution in [-0.2, 0) is 0 Å². The van der Waals surface area contributed by atoms with Gasteiger partial charge in [0.25, 0.3) is 0 Å². The average molecular weight is 243 g/mol. The van der Waals surface area contributed by atoms with Gasteiger partial charge in [0, 0.05) is 12.6 Å². The number of nitriles is 1. The predicted octanol–water partition coefficient (Wildman–Crippen LogP) is 2.76. The zero-order valence-electron chi connectivity index (χ0n) is 11.2. The van der Waals surface area contributed by atoms with Gasteiger partial charge in [-0.2, -0.15) is 5.26 Å². The van der Waals surface area contributed by atoms with Gasteiger partial charge in [0.1, 0.15) is 6.07 Å². The van der Waals surface area contributed by atoms with Crippen molar-refractivity contribution in [1.29, 1.82) is 5.26 Å². The smallest absolute Gasteiger partial charge is 0.101 e. The molecule has 18 heavy (non-hydrogen) atoms. The Morgan fingerprint density at radius 3 is 3.06 bits per heavy atom. The van der Waals surface area contributed by atoms with Gasteiger partial charge in [-0.15, -0.1) is 0 Å². The van der Waals surface area contributed by atoms with E-state index in [1.54, 1.807) is 0 Å². The Balaban J connectivity index is 2.00. The number of aryl methyl sites for hydroxylation is 1. The van der Waals surface area contributed by atoms with Crippen LogP contribution in [0.1, 0.15) is 30.9 Å². The van der Waals surface area contributed by atoms with Crippen molar-refractivity contribution in [3.8, 4) is 6.07 Å². The highest BCUT2D eigenvalue weighted by atomic mass is 15.2. The Morgan fingerprint density at radius 1 is 1.50 bits per heavy atom. The number of rotatable bonds is 4. The van der Waals surface area contributed by atoms with Gasteiger partial charge in [-0.1, -0.05) is 13.0 Å². The first-order valence-corrected chi connectivity index (χ1v) is 6.73. The van der Waals surface area contributed by atoms with Crippen LogP contribution in [0.25, 0.3) is 0 Å². The molecule has 0 saturated carbocycles. The van der Waals surface area contributed by atoms with Gasteiger partial charge >= 0.3 is 0 Å². The van der Waals surface area contributed by atoms with Crippen molar-refractivity contribution < 1.29 is 0 Å². The summed E-state index contributed by atoms with van der Waals surface area (Å²) in [6.07, 6.45) is 2.55. The van der Waals surface area contributed by atoms with E-state index in [1.165, 1.54) is 19.4 Å². The second-order valence-corrected chi connectivity index (χ2v) is 4.97. The first-order valence-electron chi connectivity index (χ1n) is 6.73. The number of nitrogens with one attached hydrogen (secondary N) is 1. The van der Waals surface area contributed by atoms with Gasteiger partial charge in [-0.25, -0.2) is 0 Å². The molecule has 3 nitrogen and oxygen atoms in total. The lowest BCUT2D eigenvalue weighted by atomic mass is 10.1. The lowest BCUT2D eigenvalue weighted by molar-refractivity contribution is 0.277. The molecule has 1 heterocycles. The topological polar surface area (TPSA) is 39.1 Å². The summed E-state index contributed by atoms with van der Waals surface area (Å²) in [7, 11) is 0. The first-order chi connectivity index (χ1) is 8.74. The molecule has 1 fully saturated rings. The SMILES string of the molecule is CCN1CCCC1CNc1ccc(C)cc1C#N. The maximum absolute atomic E-state index is 9.13. The lowest BCUT2D eigenvalue weighted by Gasteiger charge is -2.23. The van der Waals surface area contributed by atoms with Crippen molar-refractivity contribution in [2.75, 3.05) is 25.0 Å². The zero-order valence-corrected chi connectivity index (χ0v) is 11.2. The maximum Gasteiger partial charge on any atom is 0.101 e. The quantitative estimate of drug-likeness (QED) is 0.883. The average Bonchev–Trinajstić information content (AvgIpc) is 2.84. The van der Waals surface area contributed by atoms with Gasteiger partial charge in [0.05, 0.1) is 11.3 Å². The molecule has 1 aliphatic rings. The number of benzene rings is 1. The molecule has 3 heteroatoms. The van der Waals surface area contributed by atoms with E-state index in [0.717, 1.165) is 29.9 Å². The van der Waals surface area contributed by atoms with E-state index in [-0.39, 0.29) is 0 Å². The third-order valence-corrected chi connectivity index (χ3v) is 3.73. The minimum absolute atomic E-state index is 0.614. The Labute approximate surface area is 109 Å². The highest BCUT2D eigenvalue weighted by Crippen LogP contribution is 2.20. The van der Waals surface area contributed by atoms with E-state index in [4.69, 9.17) is 5.26 Å². The molecule has 1 saturated heterocycles. The van der Waals surface area contributed by atoms with Crippen LogP contribution in [0.15, 0.2) is 18.2 Å². The fraction of sp³-hybridized carbons (Fsp3) is 0.533. The second-order valence-electron chi connectivity index (χ2n) is 4.97. The summed E-state index contributed by atoms with van der Waals surface area (Å²) < 4.78 is 0. The number of hydrogen-bond donors (Lipinski definition) is 1. The lowest BCUT2D eigenvalue weighted by Crippen LogP contribution is -2.34. The van der Waals surface area contributed by atoms with Crippen LogP contribution in [-0.4, -0.2) is 30.6 Å². The Kier molecular flexibility index (Phi) is 4.22. The van der Waals surface area contributed by atoms with Gasteiger partial charge in [-0.05, 0) is 50.6 Å². The van der Waals surface area contributed by atoms with Crippen LogP contribution < -0.4 is 5.32 Å². The second kappa shape index (κ2) is 5.88. The van der Waals surface area contributed by atoms with E-state index in [1.807, 2.05) is 19.1 Å². The van der Waals surface area contributed by atoms with Crippen molar-refractivity contribution in [3.05, 3.63) is 29.3 Å². The summed E-state index contributed by atoms with van der Waals surface area (Å²) >= 11 is 0. The van der Waals surface area contributed by atoms with Crippen molar-refractivity contribution in [1.82, 2.24) is 4.90 Å². The van der Waals surface area contributed by atoms with E-state index in [0.29, 0.717) is 6.04 Å². The van der Waals surface area contributed by atoms with Crippen LogP contribution in [0.3, 0.4) is 0 Å². The van der Waals surface area contributed by atoms with Gasteiger partial charge in [0.2, 0.25) is 0 Å². The van der Waals surface area contributed by atoms with Crippen LogP contribution >= 0.6 is 0 Å². The fourth-order valence-electron chi connectivity index (χ4n) is 2.68. The van der Waals surface area contributed by atoms with Crippen LogP contribution in [0.5, 0.6) is 0 Å². The number of likely N-dealkylation sites (tertiary alicyclic amines) is 1. The van der Waals surface area contributed by atoms with E-state index >= 15 is 0 Å². The highest BCUT2D eigenvalue weighted by molar-refractivity contribution is 5.58. The number of hydrogen-bond acceptors (Lipinski definition) is 3. The zero-order chi connectivity index (χ0) is 13.0. The molecule has 0 radical (unpaired) electrons. The molecule has 1 aromatic carbocycles. The first kappa shape index (κ1) is 12.9. The predicted molar refractivity (Wildman–Crippen MR) is 74.7 cm³/mol. The number of nitrogens with zero attached hydrogens (tertiary/aromatic N) is 2. The highest BCUT2D eigenvalue weighted by Gasteiger charge is 2.22. The van der Waals surface area contributed by atoms with E-state index in [9.17, 15) is 0 Å².